The number of Topliss-reactive ketones (excluding diaryl/α,β-unsaturated/α-hetero) is 2. The number of ketones is 2. The average molecular weight is 241 g/mol. The summed E-state index contributed by atoms with van der Waals surface area (Å²) < 4.78 is 13.7. The third kappa shape index (κ3) is 2.14. The van der Waals surface area contributed by atoms with Crippen LogP contribution in [0.1, 0.15) is 30.7 Å². The normalized spacial score (nSPS) is 17.9. The topological polar surface area (TPSA) is 34.1 Å². The number of benzene rings is 1. The Balaban J connectivity index is 2.33. The fourth-order valence-electron chi connectivity index (χ4n) is 2.04. The van der Waals surface area contributed by atoms with E-state index in [1.54, 1.807) is 12.1 Å². The second kappa shape index (κ2) is 4.34. The lowest BCUT2D eigenvalue weighted by atomic mass is 9.82. The number of halogens is 2. The van der Waals surface area contributed by atoms with Crippen molar-refractivity contribution in [3.05, 3.63) is 34.6 Å². The molecule has 0 unspecified atom stereocenters. The molecule has 2 nitrogen and oxygen atoms in total. The van der Waals surface area contributed by atoms with Gasteiger partial charge in [-0.3, -0.25) is 9.59 Å². The van der Waals surface area contributed by atoms with Crippen LogP contribution in [0, 0.1) is 5.82 Å². The fourth-order valence-corrected chi connectivity index (χ4v) is 2.22. The quantitative estimate of drug-likeness (QED) is 0.708. The summed E-state index contributed by atoms with van der Waals surface area (Å²) in [4.78, 5) is 22.6. The summed E-state index contributed by atoms with van der Waals surface area (Å²) in [5.74, 6) is -1.12. The van der Waals surface area contributed by atoms with Crippen molar-refractivity contribution in [3.63, 3.8) is 0 Å². The first-order valence-electron chi connectivity index (χ1n) is 5.05. The van der Waals surface area contributed by atoms with E-state index in [0.29, 0.717) is 5.56 Å². The lowest BCUT2D eigenvalue weighted by molar-refractivity contribution is -0.130. The van der Waals surface area contributed by atoms with Crippen LogP contribution in [0.15, 0.2) is 18.2 Å². The van der Waals surface area contributed by atoms with Crippen LogP contribution >= 0.6 is 11.6 Å². The van der Waals surface area contributed by atoms with E-state index in [9.17, 15) is 14.0 Å². The predicted octanol–water partition coefficient (Wildman–Crippen LogP) is 2.88. The molecule has 1 aliphatic rings. The van der Waals surface area contributed by atoms with E-state index >= 15 is 0 Å². The van der Waals surface area contributed by atoms with Crippen LogP contribution < -0.4 is 0 Å². The molecule has 0 heterocycles. The maximum atomic E-state index is 13.7. The summed E-state index contributed by atoms with van der Waals surface area (Å²) in [7, 11) is 0. The standard InChI is InChI=1S/C12H10ClFO2/c13-11-3-1-2-10(12(11)14)7-4-8(15)6-9(16)5-7/h1-3,7H,4-6H2. The SMILES string of the molecule is O=C1CC(=O)CC(c2cccc(Cl)c2F)C1. The Labute approximate surface area is 97.4 Å². The molecular formula is C12H10ClFO2. The summed E-state index contributed by atoms with van der Waals surface area (Å²) in [6, 6.07) is 4.66. The van der Waals surface area contributed by atoms with Gasteiger partial charge in [0, 0.05) is 18.8 Å². The monoisotopic (exact) mass is 240 g/mol. The highest BCUT2D eigenvalue weighted by Crippen LogP contribution is 2.33. The zero-order valence-corrected chi connectivity index (χ0v) is 9.26. The molecule has 0 N–H and O–H groups in total. The zero-order chi connectivity index (χ0) is 11.7. The molecule has 0 aromatic heterocycles. The van der Waals surface area contributed by atoms with Crippen molar-refractivity contribution in [1.29, 1.82) is 0 Å². The van der Waals surface area contributed by atoms with Crippen molar-refractivity contribution in [3.8, 4) is 0 Å². The van der Waals surface area contributed by atoms with Crippen LogP contribution in [0.25, 0.3) is 0 Å². The number of hydrogen-bond donors (Lipinski definition) is 0. The average Bonchev–Trinajstić information content (AvgIpc) is 2.20. The van der Waals surface area contributed by atoms with Gasteiger partial charge in [-0.15, -0.1) is 0 Å². The molecular weight excluding hydrogens is 231 g/mol. The van der Waals surface area contributed by atoms with Crippen molar-refractivity contribution in [2.75, 3.05) is 0 Å². The molecule has 1 saturated carbocycles. The first-order valence-corrected chi connectivity index (χ1v) is 5.43. The lowest BCUT2D eigenvalue weighted by Gasteiger charge is -2.20. The van der Waals surface area contributed by atoms with Gasteiger partial charge < -0.3 is 0 Å². The largest absolute Gasteiger partial charge is 0.299 e. The van der Waals surface area contributed by atoms with Crippen LogP contribution in [0.2, 0.25) is 5.02 Å². The van der Waals surface area contributed by atoms with Gasteiger partial charge in [0.2, 0.25) is 0 Å². The molecule has 1 aliphatic carbocycles. The zero-order valence-electron chi connectivity index (χ0n) is 8.50. The van der Waals surface area contributed by atoms with Crippen molar-refractivity contribution in [1.82, 2.24) is 0 Å². The first-order chi connectivity index (χ1) is 7.58. The highest BCUT2D eigenvalue weighted by molar-refractivity contribution is 6.30. The molecule has 1 fully saturated rings. The number of carbonyl (C=O) groups excluding carboxylic acids is 2. The van der Waals surface area contributed by atoms with E-state index in [1.807, 2.05) is 0 Å². The van der Waals surface area contributed by atoms with E-state index in [1.165, 1.54) is 6.07 Å². The van der Waals surface area contributed by atoms with Crippen molar-refractivity contribution < 1.29 is 14.0 Å². The molecule has 0 spiro atoms. The Morgan fingerprint density at radius 2 is 1.81 bits per heavy atom. The van der Waals surface area contributed by atoms with Gasteiger partial charge in [-0.1, -0.05) is 23.7 Å². The van der Waals surface area contributed by atoms with E-state index in [2.05, 4.69) is 0 Å². The maximum absolute atomic E-state index is 13.7. The summed E-state index contributed by atoms with van der Waals surface area (Å²) in [5, 5.41) is 0.0305. The van der Waals surface area contributed by atoms with Gasteiger partial charge in [-0.2, -0.15) is 0 Å². The van der Waals surface area contributed by atoms with Gasteiger partial charge >= 0.3 is 0 Å². The minimum Gasteiger partial charge on any atom is -0.299 e. The van der Waals surface area contributed by atoms with Crippen molar-refractivity contribution in [2.24, 2.45) is 0 Å². The van der Waals surface area contributed by atoms with Gasteiger partial charge in [0.15, 0.2) is 0 Å². The van der Waals surface area contributed by atoms with Gasteiger partial charge in [-0.05, 0) is 11.6 Å². The third-order valence-electron chi connectivity index (χ3n) is 2.76. The summed E-state index contributed by atoms with van der Waals surface area (Å²) in [6.45, 7) is 0. The molecule has 0 aliphatic heterocycles. The molecule has 4 heteroatoms. The van der Waals surface area contributed by atoms with E-state index in [4.69, 9.17) is 11.6 Å². The van der Waals surface area contributed by atoms with Gasteiger partial charge in [0.05, 0.1) is 11.4 Å². The molecule has 84 valence electrons. The highest BCUT2D eigenvalue weighted by atomic mass is 35.5. The molecule has 0 radical (unpaired) electrons. The predicted molar refractivity (Wildman–Crippen MR) is 58.0 cm³/mol. The molecule has 1 aromatic carbocycles. The summed E-state index contributed by atoms with van der Waals surface area (Å²) in [6.07, 6.45) is 0.435. The maximum Gasteiger partial charge on any atom is 0.145 e. The Kier molecular flexibility index (Phi) is 3.06. The van der Waals surface area contributed by atoms with Crippen molar-refractivity contribution >= 4 is 23.2 Å². The number of rotatable bonds is 1. The second-order valence-corrected chi connectivity index (χ2v) is 4.41. The molecule has 1 aromatic rings. The van der Waals surface area contributed by atoms with E-state index in [0.717, 1.165) is 0 Å². The summed E-state index contributed by atoms with van der Waals surface area (Å²) >= 11 is 5.66. The molecule has 0 amide bonds. The second-order valence-electron chi connectivity index (χ2n) is 4.00. The molecule has 0 bridgehead atoms. The first kappa shape index (κ1) is 11.3. The Hall–Kier alpha value is -1.22. The number of carbonyl (C=O) groups is 2. The van der Waals surface area contributed by atoms with Crippen LogP contribution in [0.3, 0.4) is 0 Å². The van der Waals surface area contributed by atoms with Gasteiger partial charge in [-0.25, -0.2) is 4.39 Å². The molecule has 2 rings (SSSR count). The van der Waals surface area contributed by atoms with Crippen LogP contribution in [0.5, 0.6) is 0 Å². The highest BCUT2D eigenvalue weighted by Gasteiger charge is 2.28. The fraction of sp³-hybridized carbons (Fsp3) is 0.333. The Bertz CT molecular complexity index is 440. The molecule has 0 atom stereocenters. The van der Waals surface area contributed by atoms with Crippen molar-refractivity contribution in [2.45, 2.75) is 25.2 Å². The van der Waals surface area contributed by atoms with Crippen LogP contribution in [0.4, 0.5) is 4.39 Å². The number of hydrogen-bond acceptors (Lipinski definition) is 2. The minimum atomic E-state index is -0.517. The summed E-state index contributed by atoms with van der Waals surface area (Å²) in [5.41, 5.74) is 0.369. The Morgan fingerprint density at radius 1 is 1.19 bits per heavy atom. The Morgan fingerprint density at radius 3 is 2.44 bits per heavy atom. The van der Waals surface area contributed by atoms with Gasteiger partial charge in [0.1, 0.15) is 17.4 Å². The minimum absolute atomic E-state index is 0.0152. The smallest absolute Gasteiger partial charge is 0.145 e. The lowest BCUT2D eigenvalue weighted by Crippen LogP contribution is -2.22. The van der Waals surface area contributed by atoms with Crippen LogP contribution in [-0.2, 0) is 9.59 Å². The van der Waals surface area contributed by atoms with E-state index in [-0.39, 0.29) is 41.8 Å². The molecule has 0 saturated heterocycles. The third-order valence-corrected chi connectivity index (χ3v) is 3.06. The van der Waals surface area contributed by atoms with E-state index < -0.39 is 5.82 Å². The van der Waals surface area contributed by atoms with Crippen LogP contribution in [-0.4, -0.2) is 11.6 Å². The molecule has 16 heavy (non-hydrogen) atoms. The van der Waals surface area contributed by atoms with Gasteiger partial charge in [0.25, 0.3) is 0 Å².